The van der Waals surface area contributed by atoms with Crippen LogP contribution in [0.2, 0.25) is 0 Å². The molecule has 2 heterocycles. The van der Waals surface area contributed by atoms with E-state index in [4.69, 9.17) is 0 Å². The van der Waals surface area contributed by atoms with E-state index in [1.54, 1.807) is 30.1 Å². The number of amides is 1. The third-order valence-electron chi connectivity index (χ3n) is 5.84. The van der Waals surface area contributed by atoms with Crippen molar-refractivity contribution >= 4 is 22.5 Å². The second-order valence-electron chi connectivity index (χ2n) is 7.89. The first-order valence-electron chi connectivity index (χ1n) is 10.2. The predicted molar refractivity (Wildman–Crippen MR) is 114 cm³/mol. The van der Waals surface area contributed by atoms with Crippen molar-refractivity contribution in [3.8, 4) is 0 Å². The van der Waals surface area contributed by atoms with Gasteiger partial charge in [0.25, 0.3) is 5.56 Å². The molecule has 0 radical (unpaired) electrons. The summed E-state index contributed by atoms with van der Waals surface area (Å²) in [4.78, 5) is 35.2. The zero-order valence-electron chi connectivity index (χ0n) is 17.0. The number of hydrogen-bond acceptors (Lipinski definition) is 4. The molecular formula is C23H26N4O2. The number of benzene rings is 1. The van der Waals surface area contributed by atoms with Crippen LogP contribution in [0, 0.1) is 0 Å². The SMILES string of the molecule is CC(=O)N(Cc1ccc(C2CCCCC2)cn1)c1ccc2c(=O)n(C)cnc2c1. The number of rotatable bonds is 4. The Bertz CT molecular complexity index is 1080. The van der Waals surface area contributed by atoms with Crippen LogP contribution in [0.1, 0.15) is 56.2 Å². The topological polar surface area (TPSA) is 68.1 Å². The van der Waals surface area contributed by atoms with Crippen molar-refractivity contribution in [2.75, 3.05) is 4.90 Å². The molecule has 0 saturated heterocycles. The molecule has 6 nitrogen and oxygen atoms in total. The third-order valence-corrected chi connectivity index (χ3v) is 5.84. The van der Waals surface area contributed by atoms with E-state index < -0.39 is 0 Å². The molecule has 1 aliphatic carbocycles. The second kappa shape index (κ2) is 8.15. The van der Waals surface area contributed by atoms with Crippen molar-refractivity contribution in [1.29, 1.82) is 0 Å². The van der Waals surface area contributed by atoms with Crippen molar-refractivity contribution in [2.45, 2.75) is 51.5 Å². The van der Waals surface area contributed by atoms with Gasteiger partial charge in [0.15, 0.2) is 0 Å². The van der Waals surface area contributed by atoms with Gasteiger partial charge in [-0.1, -0.05) is 25.3 Å². The minimum atomic E-state index is -0.101. The first-order valence-corrected chi connectivity index (χ1v) is 10.2. The molecule has 29 heavy (non-hydrogen) atoms. The second-order valence-corrected chi connectivity index (χ2v) is 7.89. The van der Waals surface area contributed by atoms with Crippen molar-refractivity contribution < 1.29 is 4.79 Å². The Morgan fingerprint density at radius 1 is 1.14 bits per heavy atom. The van der Waals surface area contributed by atoms with Gasteiger partial charge in [-0.05, 0) is 48.6 Å². The lowest BCUT2D eigenvalue weighted by Crippen LogP contribution is -2.28. The van der Waals surface area contributed by atoms with Gasteiger partial charge >= 0.3 is 0 Å². The lowest BCUT2D eigenvalue weighted by Gasteiger charge is -2.23. The number of pyridine rings is 1. The molecule has 1 amide bonds. The van der Waals surface area contributed by atoms with E-state index in [0.717, 1.165) is 5.69 Å². The molecule has 1 aromatic carbocycles. The summed E-state index contributed by atoms with van der Waals surface area (Å²) >= 11 is 0. The molecule has 0 unspecified atom stereocenters. The number of carbonyl (C=O) groups is 1. The van der Waals surface area contributed by atoms with Crippen molar-refractivity contribution in [3.05, 3.63) is 64.5 Å². The molecule has 0 N–H and O–H groups in total. The molecular weight excluding hydrogens is 364 g/mol. The number of aryl methyl sites for hydroxylation is 1. The molecule has 0 atom stereocenters. The molecule has 1 aliphatic rings. The lowest BCUT2D eigenvalue weighted by atomic mass is 9.85. The minimum absolute atomic E-state index is 0.0775. The highest BCUT2D eigenvalue weighted by atomic mass is 16.2. The lowest BCUT2D eigenvalue weighted by molar-refractivity contribution is -0.116. The largest absolute Gasteiger partial charge is 0.307 e. The molecule has 0 bridgehead atoms. The fourth-order valence-electron chi connectivity index (χ4n) is 4.12. The van der Waals surface area contributed by atoms with Crippen LogP contribution in [0.15, 0.2) is 47.7 Å². The fraction of sp³-hybridized carbons (Fsp3) is 0.391. The zero-order chi connectivity index (χ0) is 20.4. The smallest absolute Gasteiger partial charge is 0.260 e. The van der Waals surface area contributed by atoms with Crippen LogP contribution < -0.4 is 10.5 Å². The van der Waals surface area contributed by atoms with E-state index in [-0.39, 0.29) is 11.5 Å². The van der Waals surface area contributed by atoms with E-state index >= 15 is 0 Å². The Morgan fingerprint density at radius 3 is 2.62 bits per heavy atom. The van der Waals surface area contributed by atoms with E-state index in [2.05, 4.69) is 16.0 Å². The minimum Gasteiger partial charge on any atom is -0.307 e. The average Bonchev–Trinajstić information content (AvgIpc) is 2.75. The number of hydrogen-bond donors (Lipinski definition) is 0. The number of aromatic nitrogens is 3. The molecule has 1 fully saturated rings. The summed E-state index contributed by atoms with van der Waals surface area (Å²) in [5, 5.41) is 0.539. The Kier molecular flexibility index (Phi) is 5.43. The van der Waals surface area contributed by atoms with Crippen LogP contribution in [0.5, 0.6) is 0 Å². The summed E-state index contributed by atoms with van der Waals surface area (Å²) < 4.78 is 1.45. The summed E-state index contributed by atoms with van der Waals surface area (Å²) in [6, 6.07) is 9.49. The Morgan fingerprint density at radius 2 is 1.93 bits per heavy atom. The van der Waals surface area contributed by atoms with Gasteiger partial charge in [0, 0.05) is 25.9 Å². The molecule has 0 aliphatic heterocycles. The monoisotopic (exact) mass is 390 g/mol. The first kappa shape index (κ1) is 19.3. The van der Waals surface area contributed by atoms with E-state index in [9.17, 15) is 9.59 Å². The summed E-state index contributed by atoms with van der Waals surface area (Å²) in [5.74, 6) is 0.537. The maximum atomic E-state index is 12.3. The summed E-state index contributed by atoms with van der Waals surface area (Å²) in [6.07, 6.45) is 9.87. The third kappa shape index (κ3) is 4.06. The number of nitrogens with zero attached hydrogens (tertiary/aromatic N) is 4. The van der Waals surface area contributed by atoms with Gasteiger partial charge in [-0.25, -0.2) is 4.98 Å². The molecule has 1 saturated carbocycles. The highest BCUT2D eigenvalue weighted by Crippen LogP contribution is 2.32. The zero-order valence-corrected chi connectivity index (χ0v) is 17.0. The van der Waals surface area contributed by atoms with E-state index in [0.29, 0.717) is 29.1 Å². The van der Waals surface area contributed by atoms with Crippen molar-refractivity contribution in [2.24, 2.45) is 7.05 Å². The van der Waals surface area contributed by atoms with Gasteiger partial charge in [-0.2, -0.15) is 0 Å². The summed E-state index contributed by atoms with van der Waals surface area (Å²) in [5.41, 5.74) is 3.34. The van der Waals surface area contributed by atoms with Crippen LogP contribution >= 0.6 is 0 Å². The highest BCUT2D eigenvalue weighted by molar-refractivity contribution is 5.94. The Balaban J connectivity index is 1.58. The maximum absolute atomic E-state index is 12.3. The van der Waals surface area contributed by atoms with Crippen LogP contribution in [-0.4, -0.2) is 20.4 Å². The van der Waals surface area contributed by atoms with Gasteiger partial charge in [0.1, 0.15) is 0 Å². The normalized spacial score (nSPS) is 14.8. The Labute approximate surface area is 170 Å². The average molecular weight is 390 g/mol. The Hall–Kier alpha value is -3.02. The number of fused-ring (bicyclic) bond motifs is 1. The van der Waals surface area contributed by atoms with Gasteiger partial charge in [-0.15, -0.1) is 0 Å². The highest BCUT2D eigenvalue weighted by Gasteiger charge is 2.17. The van der Waals surface area contributed by atoms with Crippen LogP contribution in [-0.2, 0) is 18.4 Å². The van der Waals surface area contributed by atoms with E-state index in [1.165, 1.54) is 55.5 Å². The van der Waals surface area contributed by atoms with Gasteiger partial charge in [0.05, 0.1) is 29.5 Å². The van der Waals surface area contributed by atoms with Crippen molar-refractivity contribution in [1.82, 2.24) is 14.5 Å². The summed E-state index contributed by atoms with van der Waals surface area (Å²) in [6.45, 7) is 1.93. The van der Waals surface area contributed by atoms with Gasteiger partial charge < -0.3 is 9.47 Å². The standard InChI is InChI=1S/C23H26N4O2/c1-16(28)27(20-10-11-21-22(12-20)25-15-26(2)23(21)29)14-19-9-8-18(13-24-19)17-6-4-3-5-7-17/h8-13,15,17H,3-7,14H2,1-2H3. The molecule has 2 aromatic heterocycles. The fourth-order valence-corrected chi connectivity index (χ4v) is 4.12. The number of carbonyl (C=O) groups excluding carboxylic acids is 1. The summed E-state index contributed by atoms with van der Waals surface area (Å²) in [7, 11) is 1.67. The molecule has 150 valence electrons. The number of anilines is 1. The quantitative estimate of drug-likeness (QED) is 0.677. The molecule has 3 aromatic rings. The molecule has 4 rings (SSSR count). The van der Waals surface area contributed by atoms with Gasteiger partial charge in [0.2, 0.25) is 5.91 Å². The van der Waals surface area contributed by atoms with Crippen molar-refractivity contribution in [3.63, 3.8) is 0 Å². The van der Waals surface area contributed by atoms with E-state index in [1.807, 2.05) is 12.3 Å². The predicted octanol–water partition coefficient (Wildman–Crippen LogP) is 3.93. The first-order chi connectivity index (χ1) is 14.0. The van der Waals surface area contributed by atoms with Gasteiger partial charge in [-0.3, -0.25) is 14.6 Å². The molecule has 6 heteroatoms. The molecule has 0 spiro atoms. The maximum Gasteiger partial charge on any atom is 0.260 e. The van der Waals surface area contributed by atoms with Crippen LogP contribution in [0.25, 0.3) is 10.9 Å². The van der Waals surface area contributed by atoms with Crippen LogP contribution in [0.3, 0.4) is 0 Å². The van der Waals surface area contributed by atoms with Crippen LogP contribution in [0.4, 0.5) is 5.69 Å².